The molecule has 0 aliphatic carbocycles. The third-order valence-electron chi connectivity index (χ3n) is 3.31. The van der Waals surface area contributed by atoms with Gasteiger partial charge in [-0.2, -0.15) is 0 Å². The highest BCUT2D eigenvalue weighted by molar-refractivity contribution is 4.87. The molecule has 88 valence electrons. The molecule has 2 heterocycles. The van der Waals surface area contributed by atoms with Gasteiger partial charge in [0.15, 0.2) is 0 Å². The number of hydrogen-bond donors (Lipinski definition) is 1. The zero-order valence-corrected chi connectivity index (χ0v) is 9.58. The SMILES string of the molecule is CCNC1CCOCC1N1CCOCC1. The van der Waals surface area contributed by atoms with Gasteiger partial charge < -0.3 is 14.8 Å². The second-order valence-corrected chi connectivity index (χ2v) is 4.24. The molecule has 2 saturated heterocycles. The Morgan fingerprint density at radius 3 is 2.73 bits per heavy atom. The Morgan fingerprint density at radius 1 is 1.20 bits per heavy atom. The number of morpholine rings is 1. The molecule has 0 aromatic rings. The summed E-state index contributed by atoms with van der Waals surface area (Å²) in [6.07, 6.45) is 1.13. The summed E-state index contributed by atoms with van der Waals surface area (Å²) in [6, 6.07) is 1.14. The van der Waals surface area contributed by atoms with E-state index in [-0.39, 0.29) is 0 Å². The molecule has 4 nitrogen and oxygen atoms in total. The largest absolute Gasteiger partial charge is 0.380 e. The molecule has 0 aromatic carbocycles. The van der Waals surface area contributed by atoms with Crippen molar-refractivity contribution in [1.29, 1.82) is 0 Å². The van der Waals surface area contributed by atoms with Crippen LogP contribution in [-0.2, 0) is 9.47 Å². The van der Waals surface area contributed by atoms with Gasteiger partial charge in [0.2, 0.25) is 0 Å². The number of hydrogen-bond acceptors (Lipinski definition) is 4. The van der Waals surface area contributed by atoms with E-state index in [1.807, 2.05) is 0 Å². The van der Waals surface area contributed by atoms with Crippen LogP contribution in [0, 0.1) is 0 Å². The first-order valence-corrected chi connectivity index (χ1v) is 6.04. The minimum Gasteiger partial charge on any atom is -0.380 e. The molecule has 2 atom stereocenters. The van der Waals surface area contributed by atoms with Gasteiger partial charge in [-0.15, -0.1) is 0 Å². The fourth-order valence-corrected chi connectivity index (χ4v) is 2.49. The summed E-state index contributed by atoms with van der Waals surface area (Å²) < 4.78 is 11.0. The summed E-state index contributed by atoms with van der Waals surface area (Å²) in [4.78, 5) is 2.51. The van der Waals surface area contributed by atoms with Crippen LogP contribution in [0.3, 0.4) is 0 Å². The van der Waals surface area contributed by atoms with Crippen LogP contribution in [0.4, 0.5) is 0 Å². The lowest BCUT2D eigenvalue weighted by Crippen LogP contribution is -2.57. The van der Waals surface area contributed by atoms with Gasteiger partial charge in [-0.3, -0.25) is 4.90 Å². The normalized spacial score (nSPS) is 34.2. The summed E-state index contributed by atoms with van der Waals surface area (Å²) in [5, 5.41) is 3.57. The average Bonchev–Trinajstić information content (AvgIpc) is 2.31. The van der Waals surface area contributed by atoms with Crippen molar-refractivity contribution in [2.45, 2.75) is 25.4 Å². The number of ether oxygens (including phenoxy) is 2. The molecule has 2 unspecified atom stereocenters. The van der Waals surface area contributed by atoms with Gasteiger partial charge >= 0.3 is 0 Å². The molecule has 2 fully saturated rings. The Balaban J connectivity index is 1.90. The molecule has 4 heteroatoms. The average molecular weight is 214 g/mol. The van der Waals surface area contributed by atoms with E-state index in [9.17, 15) is 0 Å². The van der Waals surface area contributed by atoms with Crippen LogP contribution in [0.5, 0.6) is 0 Å². The van der Waals surface area contributed by atoms with Crippen LogP contribution in [0.2, 0.25) is 0 Å². The highest BCUT2D eigenvalue weighted by atomic mass is 16.5. The Morgan fingerprint density at radius 2 is 2.00 bits per heavy atom. The monoisotopic (exact) mass is 214 g/mol. The maximum Gasteiger partial charge on any atom is 0.0637 e. The van der Waals surface area contributed by atoms with Crippen LogP contribution >= 0.6 is 0 Å². The van der Waals surface area contributed by atoms with E-state index in [1.165, 1.54) is 0 Å². The van der Waals surface area contributed by atoms with E-state index in [4.69, 9.17) is 9.47 Å². The zero-order valence-electron chi connectivity index (χ0n) is 9.58. The van der Waals surface area contributed by atoms with Gasteiger partial charge in [-0.1, -0.05) is 6.92 Å². The summed E-state index contributed by atoms with van der Waals surface area (Å²) in [7, 11) is 0. The molecule has 1 N–H and O–H groups in total. The van der Waals surface area contributed by atoms with Crippen molar-refractivity contribution >= 4 is 0 Å². The molecule has 15 heavy (non-hydrogen) atoms. The summed E-state index contributed by atoms with van der Waals surface area (Å²) in [5.74, 6) is 0. The van der Waals surface area contributed by atoms with Gasteiger partial charge in [0.1, 0.15) is 0 Å². The van der Waals surface area contributed by atoms with Crippen molar-refractivity contribution in [3.63, 3.8) is 0 Å². The van der Waals surface area contributed by atoms with E-state index in [2.05, 4.69) is 17.1 Å². The van der Waals surface area contributed by atoms with Crippen molar-refractivity contribution < 1.29 is 9.47 Å². The fourth-order valence-electron chi connectivity index (χ4n) is 2.49. The van der Waals surface area contributed by atoms with E-state index in [0.29, 0.717) is 12.1 Å². The topological polar surface area (TPSA) is 33.7 Å². The quantitative estimate of drug-likeness (QED) is 0.722. The zero-order chi connectivity index (χ0) is 10.5. The number of rotatable bonds is 3. The number of nitrogens with one attached hydrogen (secondary N) is 1. The van der Waals surface area contributed by atoms with E-state index >= 15 is 0 Å². The van der Waals surface area contributed by atoms with Crippen molar-refractivity contribution in [1.82, 2.24) is 10.2 Å². The van der Waals surface area contributed by atoms with Gasteiger partial charge in [-0.25, -0.2) is 0 Å². The predicted octanol–water partition coefficient (Wildman–Crippen LogP) is 0.0856. The summed E-state index contributed by atoms with van der Waals surface area (Å²) >= 11 is 0. The maximum absolute atomic E-state index is 5.59. The van der Waals surface area contributed by atoms with Crippen LogP contribution in [0.25, 0.3) is 0 Å². The second kappa shape index (κ2) is 5.80. The Kier molecular flexibility index (Phi) is 4.38. The number of nitrogens with zero attached hydrogens (tertiary/aromatic N) is 1. The van der Waals surface area contributed by atoms with Gasteiger partial charge in [0.05, 0.1) is 19.8 Å². The third-order valence-corrected chi connectivity index (χ3v) is 3.31. The standard InChI is InChI=1S/C11H22N2O2/c1-2-12-10-3-6-15-9-11(10)13-4-7-14-8-5-13/h10-12H,2-9H2,1H3. The van der Waals surface area contributed by atoms with Crippen molar-refractivity contribution in [3.8, 4) is 0 Å². The highest BCUT2D eigenvalue weighted by Crippen LogP contribution is 2.15. The lowest BCUT2D eigenvalue weighted by Gasteiger charge is -2.41. The fraction of sp³-hybridized carbons (Fsp3) is 1.00. The van der Waals surface area contributed by atoms with Gasteiger partial charge in [0.25, 0.3) is 0 Å². The molecule has 0 aromatic heterocycles. The first kappa shape index (κ1) is 11.3. The number of likely N-dealkylation sites (N-methyl/N-ethyl adjacent to an activating group) is 1. The van der Waals surface area contributed by atoms with E-state index < -0.39 is 0 Å². The molecular weight excluding hydrogens is 192 g/mol. The molecule has 0 spiro atoms. The van der Waals surface area contributed by atoms with E-state index in [1.54, 1.807) is 0 Å². The highest BCUT2D eigenvalue weighted by Gasteiger charge is 2.30. The molecule has 2 aliphatic rings. The van der Waals surface area contributed by atoms with E-state index in [0.717, 1.165) is 52.5 Å². The minimum absolute atomic E-state index is 0.544. The maximum atomic E-state index is 5.59. The van der Waals surface area contributed by atoms with Crippen molar-refractivity contribution in [3.05, 3.63) is 0 Å². The molecule has 0 amide bonds. The minimum atomic E-state index is 0.544. The summed E-state index contributed by atoms with van der Waals surface area (Å²) in [6.45, 7) is 8.84. The molecule has 2 rings (SSSR count). The second-order valence-electron chi connectivity index (χ2n) is 4.24. The Labute approximate surface area is 91.9 Å². The Bertz CT molecular complexity index is 171. The molecule has 0 saturated carbocycles. The van der Waals surface area contributed by atoms with Crippen molar-refractivity contribution in [2.24, 2.45) is 0 Å². The first-order valence-electron chi connectivity index (χ1n) is 6.04. The van der Waals surface area contributed by atoms with Crippen LogP contribution in [0.1, 0.15) is 13.3 Å². The summed E-state index contributed by atoms with van der Waals surface area (Å²) in [5.41, 5.74) is 0. The van der Waals surface area contributed by atoms with Crippen molar-refractivity contribution in [2.75, 3.05) is 46.1 Å². The van der Waals surface area contributed by atoms with Crippen LogP contribution in [0.15, 0.2) is 0 Å². The third kappa shape index (κ3) is 2.91. The molecule has 0 bridgehead atoms. The van der Waals surface area contributed by atoms with Crippen LogP contribution < -0.4 is 5.32 Å². The first-order chi connectivity index (χ1) is 7.42. The van der Waals surface area contributed by atoms with Crippen LogP contribution in [-0.4, -0.2) is 63.0 Å². The predicted molar refractivity (Wildman–Crippen MR) is 59.1 cm³/mol. The Hall–Kier alpha value is -0.160. The van der Waals surface area contributed by atoms with Gasteiger partial charge in [0, 0.05) is 31.8 Å². The molecule has 2 aliphatic heterocycles. The van der Waals surface area contributed by atoms with Gasteiger partial charge in [-0.05, 0) is 13.0 Å². The molecular formula is C11H22N2O2. The smallest absolute Gasteiger partial charge is 0.0637 e. The lowest BCUT2D eigenvalue weighted by atomic mass is 10.0. The lowest BCUT2D eigenvalue weighted by molar-refractivity contribution is -0.0447. The molecule has 0 radical (unpaired) electrons.